The Morgan fingerprint density at radius 1 is 1.38 bits per heavy atom. The first-order chi connectivity index (χ1) is 10.2. The molecule has 1 aromatic carbocycles. The molecule has 1 aromatic heterocycles. The standard InChI is InChI=1S/C16H20N4O/c1-11-12(2)21-15(19-11)10-18-16(17-3)20-9-8-13-6-4-5-7-14(13)20/h4-7H,8-10H2,1-3H3,(H,17,18). The molecule has 0 bridgehead atoms. The van der Waals surface area contributed by atoms with Gasteiger partial charge >= 0.3 is 0 Å². The van der Waals surface area contributed by atoms with E-state index in [4.69, 9.17) is 4.42 Å². The number of fused-ring (bicyclic) bond motifs is 1. The van der Waals surface area contributed by atoms with Crippen LogP contribution in [0, 0.1) is 13.8 Å². The second-order valence-corrected chi connectivity index (χ2v) is 5.18. The van der Waals surface area contributed by atoms with Crippen LogP contribution >= 0.6 is 0 Å². The molecule has 3 rings (SSSR count). The normalized spacial score (nSPS) is 14.4. The van der Waals surface area contributed by atoms with Crippen LogP contribution in [-0.4, -0.2) is 24.5 Å². The van der Waals surface area contributed by atoms with Crippen molar-refractivity contribution in [2.24, 2.45) is 4.99 Å². The van der Waals surface area contributed by atoms with E-state index in [0.717, 1.165) is 30.4 Å². The third-order valence-electron chi connectivity index (χ3n) is 3.83. The highest BCUT2D eigenvalue weighted by Gasteiger charge is 2.22. The first-order valence-corrected chi connectivity index (χ1v) is 7.18. The van der Waals surface area contributed by atoms with Gasteiger partial charge in [0.25, 0.3) is 0 Å². The molecule has 1 aliphatic heterocycles. The van der Waals surface area contributed by atoms with Crippen LogP contribution in [0.25, 0.3) is 0 Å². The van der Waals surface area contributed by atoms with Gasteiger partial charge in [0.05, 0.1) is 12.2 Å². The summed E-state index contributed by atoms with van der Waals surface area (Å²) in [7, 11) is 1.80. The lowest BCUT2D eigenvalue weighted by molar-refractivity contribution is 0.464. The summed E-state index contributed by atoms with van der Waals surface area (Å²) in [5.41, 5.74) is 3.53. The molecule has 1 N–H and O–H groups in total. The van der Waals surface area contributed by atoms with E-state index in [-0.39, 0.29) is 0 Å². The Morgan fingerprint density at radius 2 is 2.19 bits per heavy atom. The molecule has 0 saturated carbocycles. The van der Waals surface area contributed by atoms with Gasteiger partial charge in [0.1, 0.15) is 5.76 Å². The predicted molar refractivity (Wildman–Crippen MR) is 83.7 cm³/mol. The van der Waals surface area contributed by atoms with Crippen LogP contribution in [0.15, 0.2) is 33.7 Å². The Balaban J connectivity index is 1.72. The molecule has 5 nitrogen and oxygen atoms in total. The second kappa shape index (κ2) is 5.60. The van der Waals surface area contributed by atoms with E-state index in [1.54, 1.807) is 7.05 Å². The quantitative estimate of drug-likeness (QED) is 0.680. The van der Waals surface area contributed by atoms with Crippen LogP contribution in [-0.2, 0) is 13.0 Å². The van der Waals surface area contributed by atoms with Crippen molar-refractivity contribution in [3.05, 3.63) is 47.2 Å². The first kappa shape index (κ1) is 13.7. The summed E-state index contributed by atoms with van der Waals surface area (Å²) in [6.45, 7) is 5.37. The maximum atomic E-state index is 5.59. The van der Waals surface area contributed by atoms with E-state index in [2.05, 4.69) is 44.5 Å². The van der Waals surface area contributed by atoms with Gasteiger partial charge in [-0.1, -0.05) is 18.2 Å². The Kier molecular flexibility index (Phi) is 3.64. The molecule has 110 valence electrons. The maximum Gasteiger partial charge on any atom is 0.214 e. The van der Waals surface area contributed by atoms with Crippen molar-refractivity contribution in [2.75, 3.05) is 18.5 Å². The van der Waals surface area contributed by atoms with Crippen LogP contribution < -0.4 is 10.2 Å². The van der Waals surface area contributed by atoms with E-state index in [1.807, 2.05) is 13.8 Å². The van der Waals surface area contributed by atoms with Gasteiger partial charge in [-0.25, -0.2) is 4.98 Å². The summed E-state index contributed by atoms with van der Waals surface area (Å²) in [5.74, 6) is 2.42. The molecular weight excluding hydrogens is 264 g/mol. The van der Waals surface area contributed by atoms with Crippen LogP contribution in [0.2, 0.25) is 0 Å². The first-order valence-electron chi connectivity index (χ1n) is 7.18. The van der Waals surface area contributed by atoms with Crippen molar-refractivity contribution in [3.63, 3.8) is 0 Å². The van der Waals surface area contributed by atoms with Gasteiger partial charge < -0.3 is 14.6 Å². The zero-order valence-electron chi connectivity index (χ0n) is 12.7. The van der Waals surface area contributed by atoms with Gasteiger partial charge in [0.2, 0.25) is 5.89 Å². The number of aryl methyl sites for hydroxylation is 2. The third-order valence-corrected chi connectivity index (χ3v) is 3.83. The zero-order chi connectivity index (χ0) is 14.8. The summed E-state index contributed by atoms with van der Waals surface area (Å²) >= 11 is 0. The highest BCUT2D eigenvalue weighted by molar-refractivity contribution is 5.97. The van der Waals surface area contributed by atoms with Gasteiger partial charge in [-0.2, -0.15) is 0 Å². The molecule has 0 spiro atoms. The lowest BCUT2D eigenvalue weighted by Crippen LogP contribution is -2.40. The van der Waals surface area contributed by atoms with Gasteiger partial charge in [-0.15, -0.1) is 0 Å². The lowest BCUT2D eigenvalue weighted by atomic mass is 10.2. The van der Waals surface area contributed by atoms with Crippen LogP contribution in [0.5, 0.6) is 0 Å². The maximum absolute atomic E-state index is 5.59. The SMILES string of the molecule is CN=C(NCc1nc(C)c(C)o1)N1CCc2ccccc21. The molecule has 1 aliphatic rings. The molecule has 0 aliphatic carbocycles. The van der Waals surface area contributed by atoms with Gasteiger partial charge in [-0.05, 0) is 31.9 Å². The molecule has 2 aromatic rings. The lowest BCUT2D eigenvalue weighted by Gasteiger charge is -2.21. The number of nitrogens with zero attached hydrogens (tertiary/aromatic N) is 3. The smallest absolute Gasteiger partial charge is 0.214 e. The Bertz CT molecular complexity index is 655. The van der Waals surface area contributed by atoms with Crippen molar-refractivity contribution >= 4 is 11.6 Å². The Labute approximate surface area is 124 Å². The number of nitrogens with one attached hydrogen (secondary N) is 1. The minimum atomic E-state index is 0.542. The number of guanidine groups is 1. The molecular formula is C16H20N4O. The number of benzene rings is 1. The summed E-state index contributed by atoms with van der Waals surface area (Å²) in [5, 5.41) is 3.33. The fourth-order valence-corrected chi connectivity index (χ4v) is 2.62. The average Bonchev–Trinajstić information content (AvgIpc) is 3.05. The van der Waals surface area contributed by atoms with Crippen molar-refractivity contribution in [1.29, 1.82) is 0 Å². The molecule has 0 fully saturated rings. The number of aromatic nitrogens is 1. The molecule has 0 saturated heterocycles. The van der Waals surface area contributed by atoms with E-state index in [9.17, 15) is 0 Å². The Hall–Kier alpha value is -2.30. The number of hydrogen-bond acceptors (Lipinski definition) is 3. The van der Waals surface area contributed by atoms with Crippen LogP contribution in [0.3, 0.4) is 0 Å². The highest BCUT2D eigenvalue weighted by atomic mass is 16.4. The Morgan fingerprint density at radius 3 is 2.90 bits per heavy atom. The van der Waals surface area contributed by atoms with Crippen LogP contribution in [0.1, 0.15) is 22.9 Å². The summed E-state index contributed by atoms with van der Waals surface area (Å²) in [6, 6.07) is 8.44. The number of rotatable bonds is 2. The summed E-state index contributed by atoms with van der Waals surface area (Å²) < 4.78 is 5.59. The largest absolute Gasteiger partial charge is 0.444 e. The van der Waals surface area contributed by atoms with E-state index in [1.165, 1.54) is 11.3 Å². The molecule has 0 radical (unpaired) electrons. The van der Waals surface area contributed by atoms with E-state index in [0.29, 0.717) is 12.4 Å². The van der Waals surface area contributed by atoms with E-state index >= 15 is 0 Å². The molecule has 0 amide bonds. The number of anilines is 1. The predicted octanol–water partition coefficient (Wildman–Crippen LogP) is 2.43. The molecule has 21 heavy (non-hydrogen) atoms. The minimum absolute atomic E-state index is 0.542. The number of para-hydroxylation sites is 1. The van der Waals surface area contributed by atoms with Gasteiger partial charge in [0, 0.05) is 19.3 Å². The number of oxazole rings is 1. The summed E-state index contributed by atoms with van der Waals surface area (Å²) in [4.78, 5) is 11.0. The fourth-order valence-electron chi connectivity index (χ4n) is 2.62. The van der Waals surface area contributed by atoms with Crippen LogP contribution in [0.4, 0.5) is 5.69 Å². The number of aliphatic imine (C=N–C) groups is 1. The molecule has 2 heterocycles. The van der Waals surface area contributed by atoms with Gasteiger partial charge in [0.15, 0.2) is 5.96 Å². The van der Waals surface area contributed by atoms with Crippen molar-refractivity contribution in [2.45, 2.75) is 26.8 Å². The van der Waals surface area contributed by atoms with Crippen molar-refractivity contribution < 1.29 is 4.42 Å². The van der Waals surface area contributed by atoms with Gasteiger partial charge in [-0.3, -0.25) is 4.99 Å². The molecule has 0 atom stereocenters. The second-order valence-electron chi connectivity index (χ2n) is 5.18. The minimum Gasteiger partial charge on any atom is -0.444 e. The number of hydrogen-bond donors (Lipinski definition) is 1. The van der Waals surface area contributed by atoms with Crippen molar-refractivity contribution in [1.82, 2.24) is 10.3 Å². The third kappa shape index (κ3) is 2.63. The zero-order valence-corrected chi connectivity index (χ0v) is 12.7. The average molecular weight is 284 g/mol. The molecule has 0 unspecified atom stereocenters. The fraction of sp³-hybridized carbons (Fsp3) is 0.375. The van der Waals surface area contributed by atoms with Crippen molar-refractivity contribution in [3.8, 4) is 0 Å². The highest BCUT2D eigenvalue weighted by Crippen LogP contribution is 2.27. The topological polar surface area (TPSA) is 53.7 Å². The summed E-state index contributed by atoms with van der Waals surface area (Å²) in [6.07, 6.45) is 1.05. The molecule has 5 heteroatoms. The van der Waals surface area contributed by atoms with E-state index < -0.39 is 0 Å². The monoisotopic (exact) mass is 284 g/mol.